The molecule has 0 heterocycles. The number of esters is 1. The molecule has 0 N–H and O–H groups in total. The summed E-state index contributed by atoms with van der Waals surface area (Å²) in [7, 11) is 1.62. The maximum absolute atomic E-state index is 12.1. The summed E-state index contributed by atoms with van der Waals surface area (Å²) in [6.45, 7) is 2.02. The number of nitrogens with zero attached hydrogens (tertiary/aromatic N) is 1. The van der Waals surface area contributed by atoms with E-state index in [0.29, 0.717) is 12.8 Å². The van der Waals surface area contributed by atoms with Crippen LogP contribution in [0.5, 0.6) is 5.75 Å². The van der Waals surface area contributed by atoms with E-state index >= 15 is 0 Å². The Morgan fingerprint density at radius 3 is 2.52 bits per heavy atom. The van der Waals surface area contributed by atoms with Crippen molar-refractivity contribution in [3.05, 3.63) is 52.1 Å². The molecule has 0 aromatic heterocycles. The first kappa shape index (κ1) is 18.5. The molecular weight excluding hydrogens is 326 g/mol. The Morgan fingerprint density at radius 2 is 1.80 bits per heavy atom. The Bertz CT molecular complexity index is 745. The van der Waals surface area contributed by atoms with Crippen molar-refractivity contribution in [2.45, 2.75) is 25.7 Å². The number of methoxy groups -OCH3 is 1. The molecule has 0 amide bonds. The highest BCUT2D eigenvalue weighted by molar-refractivity contribution is 5.86. The number of unbranched alkanes of at least 4 members (excludes halogenated alkanes) is 1. The lowest BCUT2D eigenvalue weighted by atomic mass is 9.98. The van der Waals surface area contributed by atoms with Crippen LogP contribution in [0.15, 0.2) is 36.4 Å². The Kier molecular flexibility index (Phi) is 6.56. The van der Waals surface area contributed by atoms with Crippen molar-refractivity contribution in [1.82, 2.24) is 0 Å². The van der Waals surface area contributed by atoms with Gasteiger partial charge in [-0.15, -0.1) is 10.1 Å². The van der Waals surface area contributed by atoms with Crippen LogP contribution in [-0.4, -0.2) is 31.4 Å². The van der Waals surface area contributed by atoms with Crippen molar-refractivity contribution in [2.24, 2.45) is 0 Å². The van der Waals surface area contributed by atoms with Crippen molar-refractivity contribution in [3.8, 4) is 5.75 Å². The number of benzene rings is 2. The number of hydrogen-bond donors (Lipinski definition) is 0. The van der Waals surface area contributed by atoms with Crippen LogP contribution in [0, 0.1) is 10.1 Å². The number of hydrogen-bond acceptors (Lipinski definition) is 6. The summed E-state index contributed by atoms with van der Waals surface area (Å²) < 4.78 is 10.4. The summed E-state index contributed by atoms with van der Waals surface area (Å²) >= 11 is 0. The fourth-order valence-electron chi connectivity index (χ4n) is 2.42. The second-order valence-corrected chi connectivity index (χ2v) is 5.63. The van der Waals surface area contributed by atoms with E-state index in [1.54, 1.807) is 14.0 Å². The predicted molar refractivity (Wildman–Crippen MR) is 92.1 cm³/mol. The third kappa shape index (κ3) is 5.34. The van der Waals surface area contributed by atoms with Gasteiger partial charge in [-0.2, -0.15) is 0 Å². The van der Waals surface area contributed by atoms with Gasteiger partial charge in [-0.05, 0) is 48.2 Å². The maximum Gasteiger partial charge on any atom is 0.313 e. The van der Waals surface area contributed by atoms with Gasteiger partial charge in [0, 0.05) is 0 Å². The molecule has 25 heavy (non-hydrogen) atoms. The second-order valence-electron chi connectivity index (χ2n) is 5.63. The summed E-state index contributed by atoms with van der Waals surface area (Å²) in [6, 6.07) is 11.6. The van der Waals surface area contributed by atoms with E-state index in [-0.39, 0.29) is 25.1 Å². The zero-order chi connectivity index (χ0) is 18.2. The second kappa shape index (κ2) is 8.86. The number of ether oxygens (including phenoxy) is 2. The third-order valence-corrected chi connectivity index (χ3v) is 3.90. The molecule has 2 rings (SSSR count). The van der Waals surface area contributed by atoms with Gasteiger partial charge in [0.1, 0.15) is 5.75 Å². The first-order valence-corrected chi connectivity index (χ1v) is 8.03. The molecule has 7 heteroatoms. The van der Waals surface area contributed by atoms with Gasteiger partial charge in [-0.25, -0.2) is 0 Å². The predicted octanol–water partition coefficient (Wildman–Crippen LogP) is 3.48. The highest BCUT2D eigenvalue weighted by Gasteiger charge is 2.17. The van der Waals surface area contributed by atoms with E-state index in [0.717, 1.165) is 22.1 Å². The quantitative estimate of drug-likeness (QED) is 0.299. The Balaban J connectivity index is 1.88. The summed E-state index contributed by atoms with van der Waals surface area (Å²) in [5.74, 6) is 0.0818. The largest absolute Gasteiger partial charge is 0.497 e. The van der Waals surface area contributed by atoms with Crippen LogP contribution in [0.25, 0.3) is 10.8 Å². The average molecular weight is 347 g/mol. The standard InChI is InChI=1S/C18H21NO6/c1-13(18(20)24-9-3-4-10-25-19(21)22)14-5-6-16-12-17(23-2)8-7-15(16)11-14/h5-8,11-13H,3-4,9-10H2,1-2H3/t13-/m0/s1. The number of carbonyl (C=O) groups is 1. The smallest absolute Gasteiger partial charge is 0.313 e. The molecule has 2 aromatic carbocycles. The minimum atomic E-state index is -0.830. The van der Waals surface area contributed by atoms with Gasteiger partial charge in [0.25, 0.3) is 5.09 Å². The average Bonchev–Trinajstić information content (AvgIpc) is 2.62. The lowest BCUT2D eigenvalue weighted by molar-refractivity contribution is -0.757. The van der Waals surface area contributed by atoms with E-state index in [9.17, 15) is 14.9 Å². The van der Waals surface area contributed by atoms with Crippen LogP contribution in [-0.2, 0) is 14.4 Å². The van der Waals surface area contributed by atoms with Crippen LogP contribution in [0.2, 0.25) is 0 Å². The third-order valence-electron chi connectivity index (χ3n) is 3.90. The van der Waals surface area contributed by atoms with E-state index in [2.05, 4.69) is 4.84 Å². The molecule has 1 atom stereocenters. The number of carbonyl (C=O) groups excluding carboxylic acids is 1. The topological polar surface area (TPSA) is 87.9 Å². The first-order chi connectivity index (χ1) is 12.0. The molecule has 2 aromatic rings. The van der Waals surface area contributed by atoms with Crippen LogP contribution in [0.3, 0.4) is 0 Å². The lowest BCUT2D eigenvalue weighted by Gasteiger charge is -2.13. The molecule has 0 fully saturated rings. The molecule has 0 aliphatic carbocycles. The zero-order valence-corrected chi connectivity index (χ0v) is 14.3. The van der Waals surface area contributed by atoms with Crippen LogP contribution >= 0.6 is 0 Å². The summed E-state index contributed by atoms with van der Waals surface area (Å²) in [4.78, 5) is 26.3. The fraction of sp³-hybridized carbons (Fsp3) is 0.389. The van der Waals surface area contributed by atoms with Crippen LogP contribution < -0.4 is 4.74 Å². The van der Waals surface area contributed by atoms with Gasteiger partial charge in [-0.3, -0.25) is 4.79 Å². The minimum Gasteiger partial charge on any atom is -0.497 e. The Morgan fingerprint density at radius 1 is 1.12 bits per heavy atom. The normalized spacial score (nSPS) is 11.8. The molecule has 0 bridgehead atoms. The Hall–Kier alpha value is -2.83. The van der Waals surface area contributed by atoms with E-state index < -0.39 is 5.09 Å². The highest BCUT2D eigenvalue weighted by Crippen LogP contribution is 2.25. The molecule has 0 unspecified atom stereocenters. The highest BCUT2D eigenvalue weighted by atomic mass is 16.9. The van der Waals surface area contributed by atoms with Gasteiger partial charge in [0.05, 0.1) is 26.2 Å². The maximum atomic E-state index is 12.1. The van der Waals surface area contributed by atoms with Crippen molar-refractivity contribution in [3.63, 3.8) is 0 Å². The van der Waals surface area contributed by atoms with Crippen molar-refractivity contribution in [1.29, 1.82) is 0 Å². The summed E-state index contributed by atoms with van der Waals surface area (Å²) in [5.41, 5.74) is 0.874. The van der Waals surface area contributed by atoms with Gasteiger partial charge in [0.2, 0.25) is 0 Å². The molecule has 134 valence electrons. The fourth-order valence-corrected chi connectivity index (χ4v) is 2.42. The molecule has 0 saturated carbocycles. The van der Waals surface area contributed by atoms with Crippen molar-refractivity contribution < 1.29 is 24.2 Å². The van der Waals surface area contributed by atoms with Crippen LogP contribution in [0.1, 0.15) is 31.2 Å². The van der Waals surface area contributed by atoms with Gasteiger partial charge in [-0.1, -0.05) is 24.3 Å². The van der Waals surface area contributed by atoms with Crippen LogP contribution in [0.4, 0.5) is 0 Å². The number of fused-ring (bicyclic) bond motifs is 1. The van der Waals surface area contributed by atoms with E-state index in [4.69, 9.17) is 9.47 Å². The first-order valence-electron chi connectivity index (χ1n) is 8.03. The summed E-state index contributed by atoms with van der Waals surface area (Å²) in [6.07, 6.45) is 0.976. The molecule has 0 saturated heterocycles. The van der Waals surface area contributed by atoms with E-state index in [1.807, 2.05) is 36.4 Å². The molecule has 0 radical (unpaired) electrons. The Labute approximate surface area is 145 Å². The van der Waals surface area contributed by atoms with Gasteiger partial charge >= 0.3 is 5.97 Å². The summed E-state index contributed by atoms with van der Waals surface area (Å²) in [5, 5.41) is 11.2. The molecule has 0 aliphatic heterocycles. The molecule has 0 aliphatic rings. The lowest BCUT2D eigenvalue weighted by Crippen LogP contribution is -2.14. The van der Waals surface area contributed by atoms with Gasteiger partial charge in [0.15, 0.2) is 0 Å². The SMILES string of the molecule is COc1ccc2cc([C@H](C)C(=O)OCCCCO[N+](=O)[O-])ccc2c1. The molecular formula is C18H21NO6. The zero-order valence-electron chi connectivity index (χ0n) is 14.3. The monoisotopic (exact) mass is 347 g/mol. The minimum absolute atomic E-state index is 0.00818. The van der Waals surface area contributed by atoms with Crippen molar-refractivity contribution >= 4 is 16.7 Å². The number of rotatable bonds is 9. The molecule has 0 spiro atoms. The van der Waals surface area contributed by atoms with Crippen molar-refractivity contribution in [2.75, 3.05) is 20.3 Å². The van der Waals surface area contributed by atoms with E-state index in [1.165, 1.54) is 0 Å². The molecule has 7 nitrogen and oxygen atoms in total. The van der Waals surface area contributed by atoms with Gasteiger partial charge < -0.3 is 14.3 Å².